The minimum absolute atomic E-state index is 0.170. The second kappa shape index (κ2) is 5.88. The monoisotopic (exact) mass is 269 g/mol. The molecule has 2 aromatic rings. The second-order valence-corrected chi connectivity index (χ2v) is 4.41. The first-order valence-electron chi connectivity index (χ1n) is 6.09. The van der Waals surface area contributed by atoms with Crippen molar-refractivity contribution in [2.75, 3.05) is 11.1 Å². The van der Waals surface area contributed by atoms with E-state index in [-0.39, 0.29) is 12.3 Å². The lowest BCUT2D eigenvalue weighted by Gasteiger charge is -2.06. The van der Waals surface area contributed by atoms with E-state index in [0.29, 0.717) is 16.9 Å². The van der Waals surface area contributed by atoms with E-state index in [4.69, 9.17) is 11.5 Å². The summed E-state index contributed by atoms with van der Waals surface area (Å²) in [4.78, 5) is 22.9. The van der Waals surface area contributed by atoms with Crippen molar-refractivity contribution in [1.29, 1.82) is 0 Å². The highest BCUT2D eigenvalue weighted by atomic mass is 16.2. The van der Waals surface area contributed by atoms with Crippen LogP contribution in [0.1, 0.15) is 15.9 Å². The van der Waals surface area contributed by atoms with Gasteiger partial charge in [0, 0.05) is 16.9 Å². The van der Waals surface area contributed by atoms with Crippen molar-refractivity contribution in [3.63, 3.8) is 0 Å². The molecule has 0 aliphatic rings. The van der Waals surface area contributed by atoms with Gasteiger partial charge < -0.3 is 16.8 Å². The molecule has 0 radical (unpaired) electrons. The van der Waals surface area contributed by atoms with Crippen LogP contribution < -0.4 is 16.8 Å². The number of amides is 2. The molecular formula is C15H15N3O2. The summed E-state index contributed by atoms with van der Waals surface area (Å²) in [5.41, 5.74) is 13.2. The molecule has 0 saturated carbocycles. The predicted molar refractivity (Wildman–Crippen MR) is 78.1 cm³/mol. The Hall–Kier alpha value is -2.82. The minimum atomic E-state index is -0.528. The minimum Gasteiger partial charge on any atom is -0.399 e. The van der Waals surface area contributed by atoms with E-state index in [1.54, 1.807) is 48.5 Å². The summed E-state index contributed by atoms with van der Waals surface area (Å²) in [6.07, 6.45) is 0.237. The number of nitrogens with one attached hydrogen (secondary N) is 1. The number of carbonyl (C=O) groups is 2. The van der Waals surface area contributed by atoms with Gasteiger partial charge in [-0.05, 0) is 35.9 Å². The van der Waals surface area contributed by atoms with Crippen LogP contribution in [0, 0.1) is 0 Å². The van der Waals surface area contributed by atoms with E-state index in [2.05, 4.69) is 5.32 Å². The summed E-state index contributed by atoms with van der Waals surface area (Å²) in [5, 5.41) is 2.72. The van der Waals surface area contributed by atoms with Crippen LogP contribution in [0.5, 0.6) is 0 Å². The van der Waals surface area contributed by atoms with E-state index < -0.39 is 5.91 Å². The number of benzene rings is 2. The quantitative estimate of drug-likeness (QED) is 0.734. The van der Waals surface area contributed by atoms with Gasteiger partial charge >= 0.3 is 0 Å². The Kier molecular flexibility index (Phi) is 4.00. The number of primary amides is 1. The molecule has 0 spiro atoms. The van der Waals surface area contributed by atoms with Crippen molar-refractivity contribution in [3.05, 3.63) is 59.7 Å². The smallest absolute Gasteiger partial charge is 0.248 e. The first kappa shape index (κ1) is 13.6. The van der Waals surface area contributed by atoms with Gasteiger partial charge in [0.25, 0.3) is 0 Å². The van der Waals surface area contributed by atoms with Gasteiger partial charge in [-0.3, -0.25) is 9.59 Å². The molecule has 2 amide bonds. The van der Waals surface area contributed by atoms with E-state index in [1.807, 2.05) is 0 Å². The average molecular weight is 269 g/mol. The van der Waals surface area contributed by atoms with Crippen molar-refractivity contribution in [2.45, 2.75) is 6.42 Å². The van der Waals surface area contributed by atoms with Crippen LogP contribution in [0.25, 0.3) is 0 Å². The molecule has 20 heavy (non-hydrogen) atoms. The van der Waals surface area contributed by atoms with Gasteiger partial charge in [-0.2, -0.15) is 0 Å². The van der Waals surface area contributed by atoms with Crippen molar-refractivity contribution in [2.24, 2.45) is 5.73 Å². The molecule has 0 aromatic heterocycles. The molecule has 0 unspecified atom stereocenters. The third-order valence-corrected chi connectivity index (χ3v) is 2.78. The Morgan fingerprint density at radius 3 is 2.40 bits per heavy atom. The summed E-state index contributed by atoms with van der Waals surface area (Å²) >= 11 is 0. The largest absolute Gasteiger partial charge is 0.399 e. The molecule has 0 fully saturated rings. The van der Waals surface area contributed by atoms with Gasteiger partial charge in [0.1, 0.15) is 0 Å². The van der Waals surface area contributed by atoms with Crippen molar-refractivity contribution >= 4 is 23.2 Å². The summed E-state index contributed by atoms with van der Waals surface area (Å²) in [6, 6.07) is 13.6. The average Bonchev–Trinajstić information content (AvgIpc) is 2.41. The van der Waals surface area contributed by atoms with Crippen LogP contribution in [-0.2, 0) is 11.2 Å². The predicted octanol–water partition coefficient (Wildman–Crippen LogP) is 1.55. The second-order valence-electron chi connectivity index (χ2n) is 4.41. The van der Waals surface area contributed by atoms with E-state index >= 15 is 0 Å². The fraction of sp³-hybridized carbons (Fsp3) is 0.0667. The maximum Gasteiger partial charge on any atom is 0.248 e. The zero-order valence-corrected chi connectivity index (χ0v) is 10.8. The van der Waals surface area contributed by atoms with Crippen molar-refractivity contribution in [1.82, 2.24) is 0 Å². The number of rotatable bonds is 4. The Morgan fingerprint density at radius 1 is 1.05 bits per heavy atom. The fourth-order valence-electron chi connectivity index (χ4n) is 1.78. The third kappa shape index (κ3) is 3.58. The van der Waals surface area contributed by atoms with Crippen molar-refractivity contribution in [3.8, 4) is 0 Å². The molecule has 5 N–H and O–H groups in total. The third-order valence-electron chi connectivity index (χ3n) is 2.78. The highest BCUT2D eigenvalue weighted by molar-refractivity contribution is 5.96. The summed E-state index contributed by atoms with van der Waals surface area (Å²) in [5.74, 6) is -0.698. The Balaban J connectivity index is 2.02. The van der Waals surface area contributed by atoms with Crippen molar-refractivity contribution < 1.29 is 9.59 Å². The molecule has 2 rings (SSSR count). The van der Waals surface area contributed by atoms with Crippen LogP contribution in [0.4, 0.5) is 11.4 Å². The first-order valence-corrected chi connectivity index (χ1v) is 6.09. The number of hydrogen-bond acceptors (Lipinski definition) is 3. The normalized spacial score (nSPS) is 10.0. The van der Waals surface area contributed by atoms with Crippen LogP contribution in [0.2, 0.25) is 0 Å². The zero-order chi connectivity index (χ0) is 14.5. The molecular weight excluding hydrogens is 254 g/mol. The summed E-state index contributed by atoms with van der Waals surface area (Å²) in [7, 11) is 0. The Bertz CT molecular complexity index is 636. The summed E-state index contributed by atoms with van der Waals surface area (Å²) < 4.78 is 0. The van der Waals surface area contributed by atoms with Crippen LogP contribution >= 0.6 is 0 Å². The zero-order valence-electron chi connectivity index (χ0n) is 10.8. The van der Waals surface area contributed by atoms with Gasteiger partial charge in [0.15, 0.2) is 0 Å². The molecule has 5 heteroatoms. The number of hydrogen-bond donors (Lipinski definition) is 3. The maximum absolute atomic E-state index is 11.9. The highest BCUT2D eigenvalue weighted by Gasteiger charge is 2.06. The standard InChI is InChI=1S/C15H15N3O2/c16-12-6-4-10(5-7-12)8-14(19)18-13-3-1-2-11(9-13)15(17)20/h1-7,9H,8,16H2,(H2,17,20)(H,18,19). The molecule has 0 atom stereocenters. The lowest BCUT2D eigenvalue weighted by Crippen LogP contribution is -2.16. The molecule has 2 aromatic carbocycles. The lowest BCUT2D eigenvalue weighted by atomic mass is 10.1. The van der Waals surface area contributed by atoms with Gasteiger partial charge in [0.2, 0.25) is 11.8 Å². The molecule has 0 aliphatic heterocycles. The number of anilines is 2. The molecule has 0 bridgehead atoms. The van der Waals surface area contributed by atoms with Gasteiger partial charge in [-0.1, -0.05) is 18.2 Å². The topological polar surface area (TPSA) is 98.2 Å². The first-order chi connectivity index (χ1) is 9.54. The van der Waals surface area contributed by atoms with Crippen LogP contribution in [-0.4, -0.2) is 11.8 Å². The number of nitrogens with two attached hydrogens (primary N) is 2. The van der Waals surface area contributed by atoms with Crippen LogP contribution in [0.15, 0.2) is 48.5 Å². The summed E-state index contributed by atoms with van der Waals surface area (Å²) in [6.45, 7) is 0. The maximum atomic E-state index is 11.9. The molecule has 0 saturated heterocycles. The van der Waals surface area contributed by atoms with E-state index in [1.165, 1.54) is 0 Å². The Morgan fingerprint density at radius 2 is 1.75 bits per heavy atom. The number of carbonyl (C=O) groups excluding carboxylic acids is 2. The van der Waals surface area contributed by atoms with Crippen LogP contribution in [0.3, 0.4) is 0 Å². The SMILES string of the molecule is NC(=O)c1cccc(NC(=O)Cc2ccc(N)cc2)c1. The Labute approximate surface area is 116 Å². The molecule has 5 nitrogen and oxygen atoms in total. The van der Waals surface area contributed by atoms with E-state index in [0.717, 1.165) is 5.56 Å². The fourth-order valence-corrected chi connectivity index (χ4v) is 1.78. The molecule has 0 heterocycles. The molecule has 102 valence electrons. The van der Waals surface area contributed by atoms with E-state index in [9.17, 15) is 9.59 Å². The lowest BCUT2D eigenvalue weighted by molar-refractivity contribution is -0.115. The highest BCUT2D eigenvalue weighted by Crippen LogP contribution is 2.12. The molecule has 0 aliphatic carbocycles. The van der Waals surface area contributed by atoms with Gasteiger partial charge in [-0.25, -0.2) is 0 Å². The van der Waals surface area contributed by atoms with Gasteiger partial charge in [-0.15, -0.1) is 0 Å². The van der Waals surface area contributed by atoms with Gasteiger partial charge in [0.05, 0.1) is 6.42 Å². The number of nitrogen functional groups attached to an aromatic ring is 1.